The van der Waals surface area contributed by atoms with Crippen LogP contribution >= 0.6 is 0 Å². The Bertz CT molecular complexity index is 1200. The molecule has 208 valence electrons. The number of hydrogen-bond acceptors (Lipinski definition) is 6. The number of benzene rings is 1. The molecule has 4 aliphatic rings. The van der Waals surface area contributed by atoms with Crippen LogP contribution in [0.2, 0.25) is 0 Å². The summed E-state index contributed by atoms with van der Waals surface area (Å²) >= 11 is 0. The number of aromatic nitrogens is 3. The van der Waals surface area contributed by atoms with Gasteiger partial charge in [0.1, 0.15) is 17.8 Å². The standard InChI is InChI=1S/C31H45N3O4/c1-19-10-13-31(18-36-3)20(14-19)6-7-22-23-8-9-25(30(23,2)12-11-24(22)31)27(35)17-34-32-26-15-21(37-4)16-28(38-5)29(26)33-34/h15-16,19-20,22-25H,6-14,17-18H2,1-5H3/t19?,20?,22?,23?,24?,25-,30?,31?/m1/s1. The summed E-state index contributed by atoms with van der Waals surface area (Å²) < 4.78 is 16.8. The molecule has 2 aromatic rings. The summed E-state index contributed by atoms with van der Waals surface area (Å²) in [6, 6.07) is 3.65. The first-order valence-corrected chi connectivity index (χ1v) is 14.8. The van der Waals surface area contributed by atoms with Crippen LogP contribution in [0.4, 0.5) is 0 Å². The van der Waals surface area contributed by atoms with Gasteiger partial charge in [-0.3, -0.25) is 4.79 Å². The SMILES string of the molecule is COCC12CCC(C)CC1CCC1C2CCC2(C)C1CC[C@@H]2C(=O)Cn1nc2cc(OC)cc(OC)c2n1. The van der Waals surface area contributed by atoms with E-state index in [0.717, 1.165) is 43.1 Å². The topological polar surface area (TPSA) is 75.5 Å². The molecule has 7 heteroatoms. The molecule has 0 bridgehead atoms. The van der Waals surface area contributed by atoms with Crippen molar-refractivity contribution in [3.63, 3.8) is 0 Å². The third-order valence-corrected chi connectivity index (χ3v) is 11.6. The van der Waals surface area contributed by atoms with Crippen molar-refractivity contribution in [2.75, 3.05) is 27.9 Å². The van der Waals surface area contributed by atoms with Crippen LogP contribution in [-0.4, -0.2) is 48.7 Å². The minimum atomic E-state index is 0.0782. The number of carbonyl (C=O) groups excluding carboxylic acids is 1. The van der Waals surface area contributed by atoms with Gasteiger partial charge in [0.25, 0.3) is 0 Å². The van der Waals surface area contributed by atoms with Crippen LogP contribution in [0, 0.1) is 46.3 Å². The maximum absolute atomic E-state index is 13.8. The second-order valence-corrected chi connectivity index (χ2v) is 13.3. The molecule has 1 heterocycles. The van der Waals surface area contributed by atoms with Gasteiger partial charge in [-0.15, -0.1) is 5.10 Å². The Hall–Kier alpha value is -2.15. The van der Waals surface area contributed by atoms with E-state index in [0.29, 0.717) is 33.9 Å². The second-order valence-electron chi connectivity index (χ2n) is 13.3. The molecule has 7 unspecified atom stereocenters. The zero-order valence-corrected chi connectivity index (χ0v) is 23.9. The number of nitrogens with zero attached hydrogens (tertiary/aromatic N) is 3. The van der Waals surface area contributed by atoms with Crippen molar-refractivity contribution in [2.24, 2.45) is 46.3 Å². The summed E-state index contributed by atoms with van der Waals surface area (Å²) in [5.41, 5.74) is 1.79. The van der Waals surface area contributed by atoms with Crippen molar-refractivity contribution in [1.82, 2.24) is 15.0 Å². The van der Waals surface area contributed by atoms with E-state index in [9.17, 15) is 4.79 Å². The molecule has 8 atom stereocenters. The number of ether oxygens (including phenoxy) is 3. The molecule has 4 fully saturated rings. The minimum absolute atomic E-state index is 0.0782. The molecule has 0 amide bonds. The fraction of sp³-hybridized carbons (Fsp3) is 0.774. The predicted molar refractivity (Wildman–Crippen MR) is 146 cm³/mol. The quantitative estimate of drug-likeness (QED) is 0.447. The molecule has 4 aliphatic carbocycles. The van der Waals surface area contributed by atoms with Gasteiger partial charge >= 0.3 is 0 Å². The zero-order valence-electron chi connectivity index (χ0n) is 23.9. The van der Waals surface area contributed by atoms with Crippen molar-refractivity contribution in [2.45, 2.75) is 78.2 Å². The summed E-state index contributed by atoms with van der Waals surface area (Å²) in [4.78, 5) is 15.4. The molecule has 38 heavy (non-hydrogen) atoms. The first kappa shape index (κ1) is 26.1. The molecule has 6 rings (SSSR count). The first-order valence-electron chi connectivity index (χ1n) is 14.8. The van der Waals surface area contributed by atoms with Gasteiger partial charge in [-0.1, -0.05) is 20.3 Å². The molecule has 0 spiro atoms. The Labute approximate surface area is 227 Å². The van der Waals surface area contributed by atoms with Crippen molar-refractivity contribution in [3.05, 3.63) is 12.1 Å². The van der Waals surface area contributed by atoms with Gasteiger partial charge in [0.15, 0.2) is 17.0 Å². The van der Waals surface area contributed by atoms with Crippen LogP contribution in [0.1, 0.15) is 71.6 Å². The number of methoxy groups -OCH3 is 3. The van der Waals surface area contributed by atoms with E-state index in [-0.39, 0.29) is 23.7 Å². The predicted octanol–water partition coefficient (Wildman–Crippen LogP) is 5.94. The third-order valence-electron chi connectivity index (χ3n) is 11.6. The number of rotatable bonds is 7. The van der Waals surface area contributed by atoms with Gasteiger partial charge in [0.05, 0.1) is 20.8 Å². The van der Waals surface area contributed by atoms with E-state index in [2.05, 4.69) is 24.0 Å². The van der Waals surface area contributed by atoms with Crippen LogP contribution in [0.5, 0.6) is 11.5 Å². The van der Waals surface area contributed by atoms with Crippen molar-refractivity contribution >= 4 is 16.8 Å². The fourth-order valence-electron chi connectivity index (χ4n) is 9.94. The molecule has 0 saturated heterocycles. The maximum atomic E-state index is 13.8. The first-order chi connectivity index (χ1) is 18.3. The minimum Gasteiger partial charge on any atom is -0.497 e. The number of carbonyl (C=O) groups is 1. The Morgan fingerprint density at radius 3 is 2.61 bits per heavy atom. The third kappa shape index (κ3) is 3.98. The maximum Gasteiger partial charge on any atom is 0.159 e. The van der Waals surface area contributed by atoms with E-state index >= 15 is 0 Å². The molecule has 1 aromatic heterocycles. The van der Waals surface area contributed by atoms with Crippen LogP contribution in [0.15, 0.2) is 12.1 Å². The van der Waals surface area contributed by atoms with Gasteiger partial charge in [-0.05, 0) is 91.8 Å². The molecule has 7 nitrogen and oxygen atoms in total. The lowest BCUT2D eigenvalue weighted by Gasteiger charge is -2.61. The number of Topliss-reactive ketones (excluding diaryl/α,β-unsaturated/α-hetero) is 1. The summed E-state index contributed by atoms with van der Waals surface area (Å²) in [7, 11) is 5.15. The van der Waals surface area contributed by atoms with Crippen LogP contribution < -0.4 is 9.47 Å². The molecular formula is C31H45N3O4. The van der Waals surface area contributed by atoms with Gasteiger partial charge < -0.3 is 14.2 Å². The highest BCUT2D eigenvalue weighted by Crippen LogP contribution is 2.68. The van der Waals surface area contributed by atoms with Crippen molar-refractivity contribution < 1.29 is 19.0 Å². The smallest absolute Gasteiger partial charge is 0.159 e. The average molecular weight is 524 g/mol. The molecule has 0 radical (unpaired) electrons. The second kappa shape index (κ2) is 9.79. The number of hydrogen-bond donors (Lipinski definition) is 0. The Kier molecular flexibility index (Phi) is 6.73. The average Bonchev–Trinajstić information content (AvgIpc) is 3.48. The van der Waals surface area contributed by atoms with Crippen LogP contribution in [0.25, 0.3) is 11.0 Å². The molecule has 1 aromatic carbocycles. The zero-order chi connectivity index (χ0) is 26.7. The van der Waals surface area contributed by atoms with E-state index < -0.39 is 0 Å². The summed E-state index contributed by atoms with van der Waals surface area (Å²) in [5.74, 6) is 5.43. The largest absolute Gasteiger partial charge is 0.497 e. The van der Waals surface area contributed by atoms with Crippen molar-refractivity contribution in [3.8, 4) is 11.5 Å². The number of fused-ring (bicyclic) bond motifs is 6. The Morgan fingerprint density at radius 2 is 1.84 bits per heavy atom. The van der Waals surface area contributed by atoms with Crippen LogP contribution in [-0.2, 0) is 16.1 Å². The lowest BCUT2D eigenvalue weighted by molar-refractivity contribution is -0.154. The molecule has 4 saturated carbocycles. The van der Waals surface area contributed by atoms with E-state index in [1.54, 1.807) is 19.0 Å². The van der Waals surface area contributed by atoms with E-state index in [1.165, 1.54) is 44.9 Å². The van der Waals surface area contributed by atoms with E-state index in [4.69, 9.17) is 14.2 Å². The summed E-state index contributed by atoms with van der Waals surface area (Å²) in [6.07, 6.45) is 11.3. The van der Waals surface area contributed by atoms with Crippen LogP contribution in [0.3, 0.4) is 0 Å². The number of ketones is 1. The highest BCUT2D eigenvalue weighted by Gasteiger charge is 2.62. The molecule has 0 aliphatic heterocycles. The molecule has 0 N–H and O–H groups in total. The highest BCUT2D eigenvalue weighted by atomic mass is 16.5. The summed E-state index contributed by atoms with van der Waals surface area (Å²) in [6.45, 7) is 6.01. The fourth-order valence-corrected chi connectivity index (χ4v) is 9.94. The summed E-state index contributed by atoms with van der Waals surface area (Å²) in [5, 5.41) is 9.26. The van der Waals surface area contributed by atoms with Gasteiger partial charge in [0.2, 0.25) is 0 Å². The van der Waals surface area contributed by atoms with Gasteiger partial charge in [-0.2, -0.15) is 9.90 Å². The normalized spacial score (nSPS) is 38.3. The Balaban J connectivity index is 1.22. The van der Waals surface area contributed by atoms with E-state index in [1.807, 2.05) is 19.2 Å². The van der Waals surface area contributed by atoms with Crippen molar-refractivity contribution in [1.29, 1.82) is 0 Å². The van der Waals surface area contributed by atoms with Gasteiger partial charge in [0, 0.05) is 25.2 Å². The van der Waals surface area contributed by atoms with Gasteiger partial charge in [-0.25, -0.2) is 0 Å². The highest BCUT2D eigenvalue weighted by molar-refractivity contribution is 5.84. The lowest BCUT2D eigenvalue weighted by atomic mass is 9.44. The lowest BCUT2D eigenvalue weighted by Crippen LogP contribution is -2.56. The monoisotopic (exact) mass is 523 g/mol. The Morgan fingerprint density at radius 1 is 1.00 bits per heavy atom. The molecular weight excluding hydrogens is 478 g/mol.